The van der Waals surface area contributed by atoms with E-state index in [1.165, 1.54) is 0 Å². The third-order valence-corrected chi connectivity index (χ3v) is 3.39. The van der Waals surface area contributed by atoms with Gasteiger partial charge in [-0.1, -0.05) is 12.1 Å². The van der Waals surface area contributed by atoms with E-state index >= 15 is 0 Å². The summed E-state index contributed by atoms with van der Waals surface area (Å²) < 4.78 is 12.6. The highest BCUT2D eigenvalue weighted by molar-refractivity contribution is 5.97. The van der Waals surface area contributed by atoms with Crippen LogP contribution in [0.25, 0.3) is 0 Å². The third-order valence-electron chi connectivity index (χ3n) is 3.39. The summed E-state index contributed by atoms with van der Waals surface area (Å²) in [5.41, 5.74) is 1.47. The summed E-state index contributed by atoms with van der Waals surface area (Å²) >= 11 is 0. The summed E-state index contributed by atoms with van der Waals surface area (Å²) in [7, 11) is 1.85. The number of ether oxygens (including phenoxy) is 2. The molecule has 0 saturated heterocycles. The average Bonchev–Trinajstić information content (AvgIpc) is 2.98. The van der Waals surface area contributed by atoms with E-state index in [1.54, 1.807) is 23.0 Å². The number of aromatic nitrogens is 2. The first kappa shape index (κ1) is 17.0. The molecule has 0 unspecified atom stereocenters. The summed E-state index contributed by atoms with van der Waals surface area (Å²) in [6, 6.07) is 7.07. The number of nitrogens with one attached hydrogen (secondary N) is 1. The maximum atomic E-state index is 12.5. The van der Waals surface area contributed by atoms with Crippen molar-refractivity contribution in [2.45, 2.75) is 19.9 Å². The smallest absolute Gasteiger partial charge is 0.255 e. The zero-order valence-electron chi connectivity index (χ0n) is 13.8. The second kappa shape index (κ2) is 8.33. The topological polar surface area (TPSA) is 65.4 Å². The van der Waals surface area contributed by atoms with Crippen molar-refractivity contribution in [2.24, 2.45) is 7.05 Å². The number of amides is 1. The standard InChI is InChI=1S/C17H23N3O3/c1-4-22-9-10-23-16-8-6-5-7-15(16)17(21)19-13(2)14-11-18-20(3)12-14/h5-8,11-13H,4,9-10H2,1-3H3,(H,19,21)/t13-/m1/s1. The summed E-state index contributed by atoms with van der Waals surface area (Å²) in [4.78, 5) is 12.5. The van der Waals surface area contributed by atoms with Gasteiger partial charge in [-0.15, -0.1) is 0 Å². The average molecular weight is 317 g/mol. The molecule has 0 bridgehead atoms. The van der Waals surface area contributed by atoms with Crippen molar-refractivity contribution in [3.05, 3.63) is 47.8 Å². The van der Waals surface area contributed by atoms with Gasteiger partial charge in [-0.3, -0.25) is 9.48 Å². The Labute approximate surface area is 136 Å². The molecule has 1 atom stereocenters. The predicted molar refractivity (Wildman–Crippen MR) is 87.5 cm³/mol. The van der Waals surface area contributed by atoms with Crippen LogP contribution in [0.4, 0.5) is 0 Å². The Hall–Kier alpha value is -2.34. The van der Waals surface area contributed by atoms with Crippen molar-refractivity contribution in [1.82, 2.24) is 15.1 Å². The van der Waals surface area contributed by atoms with Crippen molar-refractivity contribution in [2.75, 3.05) is 19.8 Å². The maximum Gasteiger partial charge on any atom is 0.255 e. The Morgan fingerprint density at radius 1 is 1.35 bits per heavy atom. The number of nitrogens with zero attached hydrogens (tertiary/aromatic N) is 2. The summed E-state index contributed by atoms with van der Waals surface area (Å²) in [6.07, 6.45) is 3.63. The molecule has 1 amide bonds. The molecule has 0 aliphatic rings. The fraction of sp³-hybridized carbons (Fsp3) is 0.412. The molecular formula is C17H23N3O3. The van der Waals surface area contributed by atoms with Gasteiger partial charge in [0.2, 0.25) is 0 Å². The molecule has 124 valence electrons. The van der Waals surface area contributed by atoms with Crippen LogP contribution in [-0.2, 0) is 11.8 Å². The van der Waals surface area contributed by atoms with Gasteiger partial charge >= 0.3 is 0 Å². The Morgan fingerprint density at radius 2 is 2.13 bits per heavy atom. The van der Waals surface area contributed by atoms with Gasteiger partial charge in [-0.2, -0.15) is 5.10 Å². The van der Waals surface area contributed by atoms with Gasteiger partial charge in [0.15, 0.2) is 0 Å². The van der Waals surface area contributed by atoms with Crippen LogP contribution in [0.2, 0.25) is 0 Å². The highest BCUT2D eigenvalue weighted by atomic mass is 16.5. The van der Waals surface area contributed by atoms with Gasteiger partial charge in [0.05, 0.1) is 24.4 Å². The lowest BCUT2D eigenvalue weighted by Gasteiger charge is -2.15. The van der Waals surface area contributed by atoms with Gasteiger partial charge in [-0.05, 0) is 26.0 Å². The highest BCUT2D eigenvalue weighted by Gasteiger charge is 2.16. The van der Waals surface area contributed by atoms with Crippen LogP contribution in [0.1, 0.15) is 35.8 Å². The summed E-state index contributed by atoms with van der Waals surface area (Å²) in [5, 5.41) is 7.08. The molecule has 6 nitrogen and oxygen atoms in total. The molecule has 6 heteroatoms. The number of para-hydroxylation sites is 1. The van der Waals surface area contributed by atoms with E-state index in [9.17, 15) is 4.79 Å². The van der Waals surface area contributed by atoms with Crippen molar-refractivity contribution < 1.29 is 14.3 Å². The number of benzene rings is 1. The molecule has 0 aliphatic carbocycles. The highest BCUT2D eigenvalue weighted by Crippen LogP contribution is 2.19. The van der Waals surface area contributed by atoms with Crippen molar-refractivity contribution >= 4 is 5.91 Å². The molecule has 0 spiro atoms. The van der Waals surface area contributed by atoms with Gasteiger partial charge in [0.25, 0.3) is 5.91 Å². The number of carbonyl (C=O) groups excluding carboxylic acids is 1. The molecule has 0 saturated carbocycles. The van der Waals surface area contributed by atoms with E-state index in [0.29, 0.717) is 31.1 Å². The van der Waals surface area contributed by atoms with Crippen LogP contribution in [0.5, 0.6) is 5.75 Å². The van der Waals surface area contributed by atoms with Crippen molar-refractivity contribution in [3.8, 4) is 5.75 Å². The van der Waals surface area contributed by atoms with Crippen LogP contribution in [0.15, 0.2) is 36.7 Å². The van der Waals surface area contributed by atoms with Crippen LogP contribution in [-0.4, -0.2) is 35.5 Å². The zero-order chi connectivity index (χ0) is 16.7. The third kappa shape index (κ3) is 4.82. The molecule has 0 radical (unpaired) electrons. The monoisotopic (exact) mass is 317 g/mol. The largest absolute Gasteiger partial charge is 0.490 e. The van der Waals surface area contributed by atoms with E-state index in [4.69, 9.17) is 9.47 Å². The predicted octanol–water partition coefficient (Wildman–Crippen LogP) is 2.33. The first-order valence-corrected chi connectivity index (χ1v) is 7.70. The molecule has 23 heavy (non-hydrogen) atoms. The first-order valence-electron chi connectivity index (χ1n) is 7.70. The SMILES string of the molecule is CCOCCOc1ccccc1C(=O)N[C@H](C)c1cnn(C)c1. The van der Waals surface area contributed by atoms with E-state index in [1.807, 2.05) is 39.2 Å². The molecule has 1 aromatic carbocycles. The minimum atomic E-state index is -0.173. The van der Waals surface area contributed by atoms with E-state index in [-0.39, 0.29) is 11.9 Å². The minimum Gasteiger partial charge on any atom is -0.490 e. The second-order valence-corrected chi connectivity index (χ2v) is 5.18. The molecular weight excluding hydrogens is 294 g/mol. The normalized spacial score (nSPS) is 12.0. The van der Waals surface area contributed by atoms with Crippen LogP contribution < -0.4 is 10.1 Å². The Morgan fingerprint density at radius 3 is 2.83 bits per heavy atom. The number of carbonyl (C=O) groups is 1. The molecule has 1 N–H and O–H groups in total. The molecule has 0 fully saturated rings. The Kier molecular flexibility index (Phi) is 6.17. The van der Waals surface area contributed by atoms with Crippen molar-refractivity contribution in [3.63, 3.8) is 0 Å². The van der Waals surface area contributed by atoms with E-state index < -0.39 is 0 Å². The summed E-state index contributed by atoms with van der Waals surface area (Å²) in [6.45, 7) is 5.41. The van der Waals surface area contributed by atoms with Gasteiger partial charge in [-0.25, -0.2) is 0 Å². The minimum absolute atomic E-state index is 0.132. The molecule has 1 aromatic heterocycles. The van der Waals surface area contributed by atoms with Crippen LogP contribution in [0, 0.1) is 0 Å². The molecule has 1 heterocycles. The van der Waals surface area contributed by atoms with E-state index in [2.05, 4.69) is 10.4 Å². The molecule has 2 rings (SSSR count). The van der Waals surface area contributed by atoms with Crippen molar-refractivity contribution in [1.29, 1.82) is 0 Å². The fourth-order valence-electron chi connectivity index (χ4n) is 2.16. The van der Waals surface area contributed by atoms with Gasteiger partial charge < -0.3 is 14.8 Å². The van der Waals surface area contributed by atoms with Crippen LogP contribution in [0.3, 0.4) is 0 Å². The van der Waals surface area contributed by atoms with Crippen LogP contribution >= 0.6 is 0 Å². The molecule has 2 aromatic rings. The number of aryl methyl sites for hydroxylation is 1. The summed E-state index contributed by atoms with van der Waals surface area (Å²) in [5.74, 6) is 0.386. The lowest BCUT2D eigenvalue weighted by molar-refractivity contribution is 0.0923. The number of rotatable bonds is 8. The zero-order valence-corrected chi connectivity index (χ0v) is 13.8. The number of hydrogen-bond acceptors (Lipinski definition) is 4. The fourth-order valence-corrected chi connectivity index (χ4v) is 2.16. The van der Waals surface area contributed by atoms with Gasteiger partial charge in [0.1, 0.15) is 12.4 Å². The lowest BCUT2D eigenvalue weighted by atomic mass is 10.1. The maximum absolute atomic E-state index is 12.5. The number of hydrogen-bond donors (Lipinski definition) is 1. The Bertz CT molecular complexity index is 640. The second-order valence-electron chi connectivity index (χ2n) is 5.18. The quantitative estimate of drug-likeness (QED) is 0.759. The Balaban J connectivity index is 2.01. The van der Waals surface area contributed by atoms with Gasteiger partial charge in [0, 0.05) is 25.4 Å². The van der Waals surface area contributed by atoms with E-state index in [0.717, 1.165) is 5.56 Å². The lowest BCUT2D eigenvalue weighted by Crippen LogP contribution is -2.27. The molecule has 0 aliphatic heterocycles. The first-order chi connectivity index (χ1) is 11.1.